The summed E-state index contributed by atoms with van der Waals surface area (Å²) in [6.07, 6.45) is 1.50. The van der Waals surface area contributed by atoms with E-state index in [1.54, 1.807) is 18.2 Å². The van der Waals surface area contributed by atoms with Crippen LogP contribution >= 0.6 is 11.6 Å². The molecule has 0 aliphatic heterocycles. The molecule has 0 fully saturated rings. The van der Waals surface area contributed by atoms with E-state index in [-0.39, 0.29) is 12.3 Å². The summed E-state index contributed by atoms with van der Waals surface area (Å²) in [5, 5.41) is 15.0. The Kier molecular flexibility index (Phi) is 4.68. The minimum Gasteiger partial charge on any atom is -0.391 e. The molecule has 0 aliphatic rings. The second-order valence-corrected chi connectivity index (χ2v) is 4.36. The molecule has 0 bridgehead atoms. The van der Waals surface area contributed by atoms with Gasteiger partial charge in [-0.25, -0.2) is 0 Å². The molecule has 0 saturated carbocycles. The molecular formula is C14H11ClN2O3. The number of oxime groups is 1. The summed E-state index contributed by atoms with van der Waals surface area (Å²) in [6, 6.07) is 13.4. The number of hydrogen-bond donors (Lipinski definition) is 0. The third kappa shape index (κ3) is 3.80. The van der Waals surface area contributed by atoms with Gasteiger partial charge in [-0.2, -0.15) is 0 Å². The van der Waals surface area contributed by atoms with Gasteiger partial charge in [0, 0.05) is 22.7 Å². The molecule has 0 radical (unpaired) electrons. The lowest BCUT2D eigenvalue weighted by Crippen LogP contribution is -1.92. The monoisotopic (exact) mass is 290 g/mol. The first-order chi connectivity index (χ1) is 9.66. The van der Waals surface area contributed by atoms with Gasteiger partial charge in [0.1, 0.15) is 6.61 Å². The van der Waals surface area contributed by atoms with Crippen LogP contribution in [0.2, 0.25) is 5.02 Å². The van der Waals surface area contributed by atoms with Crippen molar-refractivity contribution < 1.29 is 9.76 Å². The normalized spacial score (nSPS) is 10.7. The van der Waals surface area contributed by atoms with Crippen molar-refractivity contribution in [2.75, 3.05) is 0 Å². The van der Waals surface area contributed by atoms with Crippen LogP contribution in [0.3, 0.4) is 0 Å². The highest BCUT2D eigenvalue weighted by molar-refractivity contribution is 6.33. The molecule has 2 aromatic rings. The second kappa shape index (κ2) is 6.68. The summed E-state index contributed by atoms with van der Waals surface area (Å²) in [4.78, 5) is 15.3. The highest BCUT2D eigenvalue weighted by Crippen LogP contribution is 2.14. The van der Waals surface area contributed by atoms with Crippen LogP contribution in [0.1, 0.15) is 11.1 Å². The Hall–Kier alpha value is -2.40. The van der Waals surface area contributed by atoms with E-state index in [0.717, 1.165) is 5.56 Å². The van der Waals surface area contributed by atoms with Crippen LogP contribution in [-0.4, -0.2) is 11.1 Å². The van der Waals surface area contributed by atoms with Crippen molar-refractivity contribution in [3.05, 3.63) is 74.8 Å². The molecule has 0 aliphatic carbocycles. The number of nitro benzene ring substituents is 1. The molecule has 0 aromatic heterocycles. The number of nitrogens with zero attached hydrogens (tertiary/aromatic N) is 2. The van der Waals surface area contributed by atoms with E-state index in [2.05, 4.69) is 5.16 Å². The fourth-order valence-electron chi connectivity index (χ4n) is 1.55. The van der Waals surface area contributed by atoms with Crippen molar-refractivity contribution in [2.45, 2.75) is 6.61 Å². The number of non-ortho nitro benzene ring substituents is 1. The number of halogens is 1. The Labute approximate surface area is 120 Å². The first-order valence-electron chi connectivity index (χ1n) is 5.80. The summed E-state index contributed by atoms with van der Waals surface area (Å²) in [5.41, 5.74) is 1.45. The van der Waals surface area contributed by atoms with Gasteiger partial charge in [0.05, 0.1) is 11.1 Å². The summed E-state index contributed by atoms with van der Waals surface area (Å²) >= 11 is 5.95. The van der Waals surface area contributed by atoms with E-state index >= 15 is 0 Å². The number of rotatable bonds is 5. The van der Waals surface area contributed by atoms with Crippen molar-refractivity contribution in [3.8, 4) is 0 Å². The van der Waals surface area contributed by atoms with Crippen molar-refractivity contribution in [1.82, 2.24) is 0 Å². The topological polar surface area (TPSA) is 64.7 Å². The van der Waals surface area contributed by atoms with Gasteiger partial charge < -0.3 is 4.84 Å². The predicted octanol–water partition coefficient (Wildman–Crippen LogP) is 3.80. The average Bonchev–Trinajstić information content (AvgIpc) is 2.45. The zero-order valence-electron chi connectivity index (χ0n) is 10.4. The summed E-state index contributed by atoms with van der Waals surface area (Å²) < 4.78 is 0. The van der Waals surface area contributed by atoms with Crippen LogP contribution in [0.5, 0.6) is 0 Å². The molecule has 2 aromatic carbocycles. The first kappa shape index (κ1) is 14.0. The molecule has 2 rings (SSSR count). The molecule has 0 N–H and O–H groups in total. The van der Waals surface area contributed by atoms with E-state index < -0.39 is 4.92 Å². The molecular weight excluding hydrogens is 280 g/mol. The lowest BCUT2D eigenvalue weighted by Gasteiger charge is -2.00. The van der Waals surface area contributed by atoms with Crippen LogP contribution < -0.4 is 0 Å². The smallest absolute Gasteiger partial charge is 0.269 e. The molecule has 0 heterocycles. The van der Waals surface area contributed by atoms with Crippen LogP contribution in [0, 0.1) is 10.1 Å². The highest BCUT2D eigenvalue weighted by Gasteiger charge is 2.05. The van der Waals surface area contributed by atoms with E-state index in [9.17, 15) is 10.1 Å². The largest absolute Gasteiger partial charge is 0.391 e. The molecule has 6 heteroatoms. The molecule has 0 spiro atoms. The van der Waals surface area contributed by atoms with Crippen LogP contribution in [0.4, 0.5) is 5.69 Å². The second-order valence-electron chi connectivity index (χ2n) is 3.96. The fraction of sp³-hybridized carbons (Fsp3) is 0.0714. The molecule has 20 heavy (non-hydrogen) atoms. The number of hydrogen-bond acceptors (Lipinski definition) is 4. The van der Waals surface area contributed by atoms with Crippen LogP contribution in [0.25, 0.3) is 0 Å². The third-order valence-electron chi connectivity index (χ3n) is 2.52. The Morgan fingerprint density at radius 2 is 2.05 bits per heavy atom. The molecule has 0 atom stereocenters. The Balaban J connectivity index is 1.95. The van der Waals surface area contributed by atoms with Crippen LogP contribution in [0.15, 0.2) is 53.7 Å². The van der Waals surface area contributed by atoms with Gasteiger partial charge in [0.25, 0.3) is 5.69 Å². The van der Waals surface area contributed by atoms with E-state index in [1.165, 1.54) is 18.3 Å². The van der Waals surface area contributed by atoms with Gasteiger partial charge in [-0.05, 0) is 11.6 Å². The SMILES string of the molecule is O=[N+]([O-])c1cccc(CO/N=C/c2ccccc2Cl)c1. The number of nitro groups is 1. The maximum Gasteiger partial charge on any atom is 0.269 e. The molecule has 102 valence electrons. The Morgan fingerprint density at radius 1 is 1.25 bits per heavy atom. The van der Waals surface area contributed by atoms with Gasteiger partial charge in [0.15, 0.2) is 0 Å². The zero-order valence-corrected chi connectivity index (χ0v) is 11.2. The predicted molar refractivity (Wildman–Crippen MR) is 76.9 cm³/mol. The zero-order chi connectivity index (χ0) is 14.4. The van der Waals surface area contributed by atoms with Gasteiger partial charge in [-0.3, -0.25) is 10.1 Å². The Morgan fingerprint density at radius 3 is 2.80 bits per heavy atom. The fourth-order valence-corrected chi connectivity index (χ4v) is 1.73. The van der Waals surface area contributed by atoms with Gasteiger partial charge in [-0.1, -0.05) is 47.1 Å². The molecule has 0 amide bonds. The standard InChI is InChI=1S/C14H11ClN2O3/c15-14-7-2-1-5-12(14)9-16-20-10-11-4-3-6-13(8-11)17(18)19/h1-9H,10H2/b16-9+. The van der Waals surface area contributed by atoms with Crippen molar-refractivity contribution >= 4 is 23.5 Å². The molecule has 0 unspecified atom stereocenters. The summed E-state index contributed by atoms with van der Waals surface area (Å²) in [6.45, 7) is 0.155. The van der Waals surface area contributed by atoms with Crippen LogP contribution in [-0.2, 0) is 11.4 Å². The molecule has 0 saturated heterocycles. The van der Waals surface area contributed by atoms with Crippen molar-refractivity contribution in [2.24, 2.45) is 5.16 Å². The lowest BCUT2D eigenvalue weighted by atomic mass is 10.2. The average molecular weight is 291 g/mol. The quantitative estimate of drug-likeness (QED) is 0.478. The van der Waals surface area contributed by atoms with E-state index in [0.29, 0.717) is 10.6 Å². The van der Waals surface area contributed by atoms with Crippen molar-refractivity contribution in [1.29, 1.82) is 0 Å². The van der Waals surface area contributed by atoms with Crippen molar-refractivity contribution in [3.63, 3.8) is 0 Å². The van der Waals surface area contributed by atoms with E-state index in [4.69, 9.17) is 16.4 Å². The summed E-state index contributed by atoms with van der Waals surface area (Å²) in [5.74, 6) is 0. The Bertz CT molecular complexity index is 644. The highest BCUT2D eigenvalue weighted by atomic mass is 35.5. The number of benzene rings is 2. The summed E-state index contributed by atoms with van der Waals surface area (Å²) in [7, 11) is 0. The van der Waals surface area contributed by atoms with Gasteiger partial charge >= 0.3 is 0 Å². The third-order valence-corrected chi connectivity index (χ3v) is 2.87. The van der Waals surface area contributed by atoms with E-state index in [1.807, 2.05) is 18.2 Å². The lowest BCUT2D eigenvalue weighted by molar-refractivity contribution is -0.384. The maximum absolute atomic E-state index is 10.6. The molecule has 5 nitrogen and oxygen atoms in total. The minimum absolute atomic E-state index is 0.0289. The maximum atomic E-state index is 10.6. The first-order valence-corrected chi connectivity index (χ1v) is 6.18. The van der Waals surface area contributed by atoms with Gasteiger partial charge in [-0.15, -0.1) is 0 Å². The minimum atomic E-state index is -0.448. The van der Waals surface area contributed by atoms with Gasteiger partial charge in [0.2, 0.25) is 0 Å².